The summed E-state index contributed by atoms with van der Waals surface area (Å²) in [5.74, 6) is 1.13. The van der Waals surface area contributed by atoms with Gasteiger partial charge in [-0.25, -0.2) is 0 Å². The van der Waals surface area contributed by atoms with Crippen molar-refractivity contribution in [2.24, 2.45) is 0 Å². The molecular weight excluding hydrogens is 256 g/mol. The van der Waals surface area contributed by atoms with Crippen molar-refractivity contribution in [2.45, 2.75) is 13.3 Å². The van der Waals surface area contributed by atoms with Gasteiger partial charge in [0.1, 0.15) is 5.75 Å². The predicted octanol–water partition coefficient (Wildman–Crippen LogP) is 3.75. The Bertz CT molecular complexity index is 544. The molecule has 0 heterocycles. The van der Waals surface area contributed by atoms with Crippen LogP contribution in [0, 0.1) is 0 Å². The van der Waals surface area contributed by atoms with E-state index in [4.69, 9.17) is 4.74 Å². The summed E-state index contributed by atoms with van der Waals surface area (Å²) in [5, 5.41) is 0. The van der Waals surface area contributed by atoms with Crippen LogP contribution >= 0.6 is 12.6 Å². The van der Waals surface area contributed by atoms with Crippen molar-refractivity contribution in [2.75, 3.05) is 5.75 Å². The Balaban J connectivity index is 2.15. The summed E-state index contributed by atoms with van der Waals surface area (Å²) in [5.41, 5.74) is 3.54. The molecule has 0 aliphatic rings. The Morgan fingerprint density at radius 3 is 2.00 bits per heavy atom. The summed E-state index contributed by atoms with van der Waals surface area (Å²) in [7, 11) is 0. The highest BCUT2D eigenvalue weighted by atomic mass is 32.1. The number of rotatable bonds is 4. The summed E-state index contributed by atoms with van der Waals surface area (Å²) in [6.45, 7) is 1.40. The molecule has 0 spiro atoms. The number of aryl methyl sites for hydroxylation is 1. The zero-order valence-electron chi connectivity index (χ0n) is 10.8. The van der Waals surface area contributed by atoms with E-state index in [1.165, 1.54) is 12.5 Å². The number of thiol groups is 1. The van der Waals surface area contributed by atoms with E-state index in [-0.39, 0.29) is 5.97 Å². The third-order valence-electron chi connectivity index (χ3n) is 2.80. The van der Waals surface area contributed by atoms with Gasteiger partial charge in [-0.2, -0.15) is 12.6 Å². The van der Waals surface area contributed by atoms with E-state index in [0.717, 1.165) is 23.3 Å². The topological polar surface area (TPSA) is 26.3 Å². The van der Waals surface area contributed by atoms with Crippen LogP contribution in [0.1, 0.15) is 12.5 Å². The van der Waals surface area contributed by atoms with Crippen LogP contribution in [0.5, 0.6) is 5.75 Å². The standard InChI is InChI=1S/C16H16O2S/c1-12(17)18-16-8-6-15(7-9-16)14-4-2-13(3-5-14)10-11-19/h2-9,19H,10-11H2,1H3. The molecule has 0 saturated carbocycles. The van der Waals surface area contributed by atoms with E-state index in [2.05, 4.69) is 36.9 Å². The van der Waals surface area contributed by atoms with E-state index in [1.54, 1.807) is 12.1 Å². The number of hydrogen-bond donors (Lipinski definition) is 1. The van der Waals surface area contributed by atoms with Gasteiger partial charge in [0.05, 0.1) is 0 Å². The predicted molar refractivity (Wildman–Crippen MR) is 80.7 cm³/mol. The smallest absolute Gasteiger partial charge is 0.308 e. The highest BCUT2D eigenvalue weighted by Crippen LogP contribution is 2.23. The summed E-state index contributed by atoms with van der Waals surface area (Å²) in [6.07, 6.45) is 0.981. The van der Waals surface area contributed by atoms with Crippen LogP contribution in [0.15, 0.2) is 48.5 Å². The van der Waals surface area contributed by atoms with Gasteiger partial charge in [-0.1, -0.05) is 36.4 Å². The second-order valence-corrected chi connectivity index (χ2v) is 4.74. The van der Waals surface area contributed by atoms with Gasteiger partial charge in [-0.3, -0.25) is 4.79 Å². The van der Waals surface area contributed by atoms with Crippen LogP contribution in [0.2, 0.25) is 0 Å². The molecule has 0 bridgehead atoms. The van der Waals surface area contributed by atoms with Gasteiger partial charge in [0.2, 0.25) is 0 Å². The molecule has 2 aromatic rings. The van der Waals surface area contributed by atoms with E-state index in [9.17, 15) is 4.79 Å². The van der Waals surface area contributed by atoms with Crippen molar-refractivity contribution >= 4 is 18.6 Å². The molecule has 98 valence electrons. The van der Waals surface area contributed by atoms with Crippen LogP contribution in [0.25, 0.3) is 11.1 Å². The lowest BCUT2D eigenvalue weighted by Gasteiger charge is -2.05. The average Bonchev–Trinajstić information content (AvgIpc) is 2.40. The molecule has 0 radical (unpaired) electrons. The molecule has 0 fully saturated rings. The second kappa shape index (κ2) is 6.43. The summed E-state index contributed by atoms with van der Waals surface area (Å²) in [4.78, 5) is 10.8. The quantitative estimate of drug-likeness (QED) is 0.521. The Morgan fingerprint density at radius 2 is 1.53 bits per heavy atom. The van der Waals surface area contributed by atoms with Crippen LogP contribution in [0.3, 0.4) is 0 Å². The first kappa shape index (κ1) is 13.7. The van der Waals surface area contributed by atoms with Crippen molar-refractivity contribution < 1.29 is 9.53 Å². The number of carbonyl (C=O) groups excluding carboxylic acids is 1. The van der Waals surface area contributed by atoms with Gasteiger partial charge in [-0.15, -0.1) is 0 Å². The monoisotopic (exact) mass is 272 g/mol. The van der Waals surface area contributed by atoms with Crippen molar-refractivity contribution in [1.82, 2.24) is 0 Å². The summed E-state index contributed by atoms with van der Waals surface area (Å²) in [6, 6.07) is 15.9. The first-order chi connectivity index (χ1) is 9.19. The van der Waals surface area contributed by atoms with Crippen LogP contribution in [-0.2, 0) is 11.2 Å². The Hall–Kier alpha value is -1.74. The molecule has 3 heteroatoms. The molecule has 0 aromatic heterocycles. The molecule has 0 aliphatic carbocycles. The number of carbonyl (C=O) groups is 1. The molecule has 0 unspecified atom stereocenters. The van der Waals surface area contributed by atoms with Crippen molar-refractivity contribution in [3.05, 3.63) is 54.1 Å². The number of ether oxygens (including phenoxy) is 1. The fraction of sp³-hybridized carbons (Fsp3) is 0.188. The molecule has 2 nitrogen and oxygen atoms in total. The zero-order chi connectivity index (χ0) is 13.7. The lowest BCUT2D eigenvalue weighted by molar-refractivity contribution is -0.131. The van der Waals surface area contributed by atoms with Crippen LogP contribution in [0.4, 0.5) is 0 Å². The Kier molecular flexibility index (Phi) is 4.63. The second-order valence-electron chi connectivity index (χ2n) is 4.29. The maximum atomic E-state index is 10.8. The number of hydrogen-bond acceptors (Lipinski definition) is 3. The normalized spacial score (nSPS) is 10.2. The molecule has 0 saturated heterocycles. The zero-order valence-corrected chi connectivity index (χ0v) is 11.7. The molecule has 0 aliphatic heterocycles. The van der Waals surface area contributed by atoms with E-state index in [1.807, 2.05) is 12.1 Å². The molecule has 2 rings (SSSR count). The van der Waals surface area contributed by atoms with Crippen molar-refractivity contribution in [3.63, 3.8) is 0 Å². The molecule has 0 atom stereocenters. The first-order valence-electron chi connectivity index (χ1n) is 6.17. The maximum absolute atomic E-state index is 10.8. The third-order valence-corrected chi connectivity index (χ3v) is 3.03. The van der Waals surface area contributed by atoms with Gasteiger partial charge >= 0.3 is 5.97 Å². The third kappa shape index (κ3) is 3.86. The highest BCUT2D eigenvalue weighted by molar-refractivity contribution is 7.80. The maximum Gasteiger partial charge on any atom is 0.308 e. The highest BCUT2D eigenvalue weighted by Gasteiger charge is 2.01. The van der Waals surface area contributed by atoms with Crippen LogP contribution < -0.4 is 4.74 Å². The molecule has 0 amide bonds. The largest absolute Gasteiger partial charge is 0.427 e. The molecule has 19 heavy (non-hydrogen) atoms. The lowest BCUT2D eigenvalue weighted by atomic mass is 10.0. The average molecular weight is 272 g/mol. The lowest BCUT2D eigenvalue weighted by Crippen LogP contribution is -2.00. The van der Waals surface area contributed by atoms with E-state index >= 15 is 0 Å². The van der Waals surface area contributed by atoms with Crippen molar-refractivity contribution in [1.29, 1.82) is 0 Å². The van der Waals surface area contributed by atoms with Gasteiger partial charge < -0.3 is 4.74 Å². The molecule has 2 aromatic carbocycles. The Labute approximate surface area is 118 Å². The van der Waals surface area contributed by atoms with E-state index < -0.39 is 0 Å². The van der Waals surface area contributed by atoms with Gasteiger partial charge in [-0.05, 0) is 41.0 Å². The van der Waals surface area contributed by atoms with Gasteiger partial charge in [0.25, 0.3) is 0 Å². The minimum atomic E-state index is -0.302. The number of esters is 1. The Morgan fingerprint density at radius 1 is 1.00 bits per heavy atom. The minimum absolute atomic E-state index is 0.302. The fourth-order valence-corrected chi connectivity index (χ4v) is 2.13. The van der Waals surface area contributed by atoms with Crippen molar-refractivity contribution in [3.8, 4) is 16.9 Å². The van der Waals surface area contributed by atoms with Crippen LogP contribution in [-0.4, -0.2) is 11.7 Å². The van der Waals surface area contributed by atoms with E-state index in [0.29, 0.717) is 5.75 Å². The summed E-state index contributed by atoms with van der Waals surface area (Å²) >= 11 is 4.22. The molecular formula is C16H16O2S. The van der Waals surface area contributed by atoms with Gasteiger partial charge in [0.15, 0.2) is 0 Å². The number of benzene rings is 2. The summed E-state index contributed by atoms with van der Waals surface area (Å²) < 4.78 is 5.01. The SMILES string of the molecule is CC(=O)Oc1ccc(-c2ccc(CCS)cc2)cc1. The first-order valence-corrected chi connectivity index (χ1v) is 6.81. The van der Waals surface area contributed by atoms with Gasteiger partial charge in [0, 0.05) is 6.92 Å². The fourth-order valence-electron chi connectivity index (χ4n) is 1.87. The molecule has 0 N–H and O–H groups in total. The minimum Gasteiger partial charge on any atom is -0.427 e.